The van der Waals surface area contributed by atoms with E-state index in [2.05, 4.69) is 9.99 Å². The lowest BCUT2D eigenvalue weighted by atomic mass is 10.5. The van der Waals surface area contributed by atoms with Crippen LogP contribution in [-0.2, 0) is 14.4 Å². The molecule has 0 saturated heterocycles. The van der Waals surface area contributed by atoms with Crippen LogP contribution >= 0.6 is 0 Å². The van der Waals surface area contributed by atoms with E-state index in [0.29, 0.717) is 5.90 Å². The SMILES string of the molecule is CC(=O)[O-].CON=C1CC=CO1.[NH4+]. The number of nitrogens with zero attached hydrogens (tertiary/aromatic N) is 1. The zero-order valence-electron chi connectivity index (χ0n) is 7.94. The predicted molar refractivity (Wildman–Crippen MR) is 46.0 cm³/mol. The molecule has 1 aliphatic heterocycles. The third-order valence-corrected chi connectivity index (χ3v) is 0.786. The summed E-state index contributed by atoms with van der Waals surface area (Å²) in [4.78, 5) is 13.3. The van der Waals surface area contributed by atoms with Crippen molar-refractivity contribution in [3.8, 4) is 0 Å². The number of carbonyl (C=O) groups is 1. The highest BCUT2D eigenvalue weighted by Gasteiger charge is 2.01. The lowest BCUT2D eigenvalue weighted by Gasteiger charge is -1.91. The van der Waals surface area contributed by atoms with E-state index in [1.54, 1.807) is 6.26 Å². The molecule has 1 rings (SSSR count). The summed E-state index contributed by atoms with van der Waals surface area (Å²) in [7, 11) is 1.49. The van der Waals surface area contributed by atoms with Gasteiger partial charge in [0.1, 0.15) is 7.11 Å². The first-order valence-electron chi connectivity index (χ1n) is 3.26. The second kappa shape index (κ2) is 8.54. The minimum absolute atomic E-state index is 0. The normalized spacial score (nSPS) is 15.1. The van der Waals surface area contributed by atoms with Gasteiger partial charge >= 0.3 is 0 Å². The van der Waals surface area contributed by atoms with Crippen molar-refractivity contribution < 1.29 is 19.5 Å². The number of hydrogen-bond donors (Lipinski definition) is 1. The quantitative estimate of drug-likeness (QED) is 0.587. The third kappa shape index (κ3) is 10.4. The largest absolute Gasteiger partial charge is 0.550 e. The molecule has 1 aliphatic rings. The fourth-order valence-electron chi connectivity index (χ4n) is 0.484. The van der Waals surface area contributed by atoms with Gasteiger partial charge in [0.2, 0.25) is 5.90 Å². The van der Waals surface area contributed by atoms with Crippen LogP contribution in [-0.4, -0.2) is 19.0 Å². The first-order chi connectivity index (χ1) is 5.66. The summed E-state index contributed by atoms with van der Waals surface area (Å²) in [6.07, 6.45) is 4.21. The molecule has 0 spiro atoms. The molecule has 13 heavy (non-hydrogen) atoms. The molecule has 0 aromatic carbocycles. The van der Waals surface area contributed by atoms with Crippen LogP contribution in [0.25, 0.3) is 0 Å². The van der Waals surface area contributed by atoms with Crippen LogP contribution < -0.4 is 11.3 Å². The second-order valence-electron chi connectivity index (χ2n) is 1.85. The number of quaternary nitrogens is 1. The van der Waals surface area contributed by atoms with Crippen LogP contribution in [0.4, 0.5) is 0 Å². The molecular formula is C7H14N2O4. The van der Waals surface area contributed by atoms with Crippen molar-refractivity contribution in [2.24, 2.45) is 5.16 Å². The van der Waals surface area contributed by atoms with Gasteiger partial charge in [-0.3, -0.25) is 0 Å². The highest BCUT2D eigenvalue weighted by atomic mass is 16.6. The molecule has 0 aromatic rings. The maximum absolute atomic E-state index is 8.89. The number of rotatable bonds is 1. The maximum atomic E-state index is 8.89. The van der Waals surface area contributed by atoms with E-state index in [1.807, 2.05) is 6.08 Å². The van der Waals surface area contributed by atoms with Crippen molar-refractivity contribution in [2.45, 2.75) is 13.3 Å². The van der Waals surface area contributed by atoms with Gasteiger partial charge in [-0.25, -0.2) is 0 Å². The minimum Gasteiger partial charge on any atom is -0.550 e. The Morgan fingerprint density at radius 3 is 2.62 bits per heavy atom. The lowest BCUT2D eigenvalue weighted by molar-refractivity contribution is -0.302. The molecule has 0 aromatic heterocycles. The molecule has 0 unspecified atom stereocenters. The molecule has 0 bridgehead atoms. The van der Waals surface area contributed by atoms with Gasteiger partial charge in [0.25, 0.3) is 0 Å². The van der Waals surface area contributed by atoms with E-state index in [9.17, 15) is 0 Å². The van der Waals surface area contributed by atoms with Crippen LogP contribution in [0.2, 0.25) is 0 Å². The number of carboxylic acids is 1. The average molecular weight is 190 g/mol. The lowest BCUT2D eigenvalue weighted by Crippen LogP contribution is -2.16. The molecule has 0 aliphatic carbocycles. The third-order valence-electron chi connectivity index (χ3n) is 0.786. The Balaban J connectivity index is 0. The van der Waals surface area contributed by atoms with Gasteiger partial charge in [-0.15, -0.1) is 0 Å². The molecule has 0 saturated carbocycles. The van der Waals surface area contributed by atoms with Crippen LogP contribution in [0.5, 0.6) is 0 Å². The van der Waals surface area contributed by atoms with E-state index in [0.717, 1.165) is 13.3 Å². The fourth-order valence-corrected chi connectivity index (χ4v) is 0.484. The Kier molecular flexibility index (Phi) is 9.19. The van der Waals surface area contributed by atoms with E-state index < -0.39 is 5.97 Å². The van der Waals surface area contributed by atoms with E-state index >= 15 is 0 Å². The highest BCUT2D eigenvalue weighted by Crippen LogP contribution is 2.00. The van der Waals surface area contributed by atoms with Gasteiger partial charge in [0.05, 0.1) is 6.26 Å². The molecule has 4 N–H and O–H groups in total. The summed E-state index contributed by atoms with van der Waals surface area (Å²) in [5, 5.41) is 12.4. The Morgan fingerprint density at radius 2 is 2.31 bits per heavy atom. The maximum Gasteiger partial charge on any atom is 0.234 e. The van der Waals surface area contributed by atoms with Crippen LogP contribution in [0.15, 0.2) is 17.5 Å². The number of hydrogen-bond acceptors (Lipinski definition) is 5. The average Bonchev–Trinajstić information content (AvgIpc) is 2.39. The zero-order valence-corrected chi connectivity index (χ0v) is 7.94. The van der Waals surface area contributed by atoms with Crippen molar-refractivity contribution >= 4 is 11.9 Å². The second-order valence-corrected chi connectivity index (χ2v) is 1.85. The Morgan fingerprint density at radius 1 is 1.77 bits per heavy atom. The van der Waals surface area contributed by atoms with Crippen molar-refractivity contribution in [1.29, 1.82) is 0 Å². The molecule has 0 amide bonds. The molecule has 6 heteroatoms. The molecule has 0 radical (unpaired) electrons. The van der Waals surface area contributed by atoms with Gasteiger partial charge in [-0.05, 0) is 13.0 Å². The monoisotopic (exact) mass is 190 g/mol. The van der Waals surface area contributed by atoms with Gasteiger partial charge < -0.3 is 25.6 Å². The van der Waals surface area contributed by atoms with E-state index in [1.165, 1.54) is 7.11 Å². The van der Waals surface area contributed by atoms with Gasteiger partial charge in [-0.2, -0.15) is 0 Å². The van der Waals surface area contributed by atoms with Gasteiger partial charge in [-0.1, -0.05) is 5.16 Å². The van der Waals surface area contributed by atoms with Gasteiger partial charge in [0, 0.05) is 12.4 Å². The minimum atomic E-state index is -1.08. The first kappa shape index (κ1) is 14.0. The van der Waals surface area contributed by atoms with Crippen LogP contribution in [0, 0.1) is 0 Å². The van der Waals surface area contributed by atoms with Gasteiger partial charge in [0.15, 0.2) is 0 Å². The summed E-state index contributed by atoms with van der Waals surface area (Å²) in [5.74, 6) is -0.465. The topological polar surface area (TPSA) is 107 Å². The summed E-state index contributed by atoms with van der Waals surface area (Å²) in [6, 6.07) is 0. The molecular weight excluding hydrogens is 176 g/mol. The predicted octanol–water partition coefficient (Wildman–Crippen LogP) is 0.0127. The van der Waals surface area contributed by atoms with Crippen LogP contribution in [0.1, 0.15) is 13.3 Å². The molecule has 0 fully saturated rings. The van der Waals surface area contributed by atoms with Crippen LogP contribution in [0.3, 0.4) is 0 Å². The summed E-state index contributed by atoms with van der Waals surface area (Å²) in [6.45, 7) is 0.972. The number of oxime groups is 1. The standard InChI is InChI=1S/C5H7NO2.C2H4O2.H3N/c1-7-6-5-3-2-4-8-5;1-2(3)4;/h2,4H,3H2,1H3;1H3,(H,3,4);1H3. The Hall–Kier alpha value is -1.56. The summed E-state index contributed by atoms with van der Waals surface area (Å²) < 4.78 is 4.84. The molecule has 6 nitrogen and oxygen atoms in total. The van der Waals surface area contributed by atoms with Crippen molar-refractivity contribution in [1.82, 2.24) is 6.15 Å². The van der Waals surface area contributed by atoms with Crippen molar-refractivity contribution in [2.75, 3.05) is 7.11 Å². The Labute approximate surface area is 76.4 Å². The van der Waals surface area contributed by atoms with E-state index in [4.69, 9.17) is 14.6 Å². The van der Waals surface area contributed by atoms with Crippen molar-refractivity contribution in [3.63, 3.8) is 0 Å². The molecule has 1 heterocycles. The smallest absolute Gasteiger partial charge is 0.234 e. The molecule has 76 valence electrons. The number of carboxylic acid groups (broad SMARTS) is 1. The molecule has 0 atom stereocenters. The fraction of sp³-hybridized carbons (Fsp3) is 0.429. The first-order valence-corrected chi connectivity index (χ1v) is 3.26. The summed E-state index contributed by atoms with van der Waals surface area (Å²) >= 11 is 0. The number of carbonyl (C=O) groups excluding carboxylic acids is 1. The number of aliphatic carboxylic acids is 1. The highest BCUT2D eigenvalue weighted by molar-refractivity contribution is 5.79. The summed E-state index contributed by atoms with van der Waals surface area (Å²) in [5.41, 5.74) is 0. The van der Waals surface area contributed by atoms with Crippen molar-refractivity contribution in [3.05, 3.63) is 12.3 Å². The zero-order chi connectivity index (χ0) is 9.40. The number of ether oxygens (including phenoxy) is 1. The van der Waals surface area contributed by atoms with E-state index in [-0.39, 0.29) is 6.15 Å². The Bertz CT molecular complexity index is 187.